The van der Waals surface area contributed by atoms with Gasteiger partial charge in [-0.1, -0.05) is 25.3 Å². The van der Waals surface area contributed by atoms with E-state index in [1.807, 2.05) is 18.2 Å². The zero-order valence-corrected chi connectivity index (χ0v) is 19.2. The molecule has 34 heavy (non-hydrogen) atoms. The van der Waals surface area contributed by atoms with Crippen molar-refractivity contribution >= 4 is 23.5 Å². The van der Waals surface area contributed by atoms with Gasteiger partial charge in [-0.2, -0.15) is 0 Å². The molecule has 180 valence electrons. The highest BCUT2D eigenvalue weighted by molar-refractivity contribution is 5.96. The average molecular weight is 466 g/mol. The van der Waals surface area contributed by atoms with E-state index < -0.39 is 5.91 Å². The van der Waals surface area contributed by atoms with Gasteiger partial charge in [-0.05, 0) is 43.0 Å². The van der Waals surface area contributed by atoms with Crippen molar-refractivity contribution in [3.8, 4) is 5.75 Å². The highest BCUT2D eigenvalue weighted by atomic mass is 16.5. The molecule has 0 atom stereocenters. The second-order valence-electron chi connectivity index (χ2n) is 8.88. The number of carbonyl (C=O) groups is 3. The van der Waals surface area contributed by atoms with E-state index in [1.165, 1.54) is 50.6 Å². The number of anilines is 1. The summed E-state index contributed by atoms with van der Waals surface area (Å²) in [6, 6.07) is 8.52. The highest BCUT2D eigenvalue weighted by Crippen LogP contribution is 2.25. The summed E-state index contributed by atoms with van der Waals surface area (Å²) >= 11 is 0. The van der Waals surface area contributed by atoms with Gasteiger partial charge in [0.2, 0.25) is 5.91 Å². The molecule has 9 heteroatoms. The number of rotatable bonds is 6. The van der Waals surface area contributed by atoms with Crippen LogP contribution in [0.15, 0.2) is 42.7 Å². The maximum absolute atomic E-state index is 13.0. The molecule has 4 amide bonds. The third-order valence-electron chi connectivity index (χ3n) is 6.42. The van der Waals surface area contributed by atoms with Crippen molar-refractivity contribution in [2.75, 3.05) is 38.1 Å². The summed E-state index contributed by atoms with van der Waals surface area (Å²) in [7, 11) is 0. The number of urea groups is 1. The van der Waals surface area contributed by atoms with Gasteiger partial charge < -0.3 is 25.6 Å². The van der Waals surface area contributed by atoms with Gasteiger partial charge in [0.1, 0.15) is 5.75 Å². The molecule has 3 N–H and O–H groups in total. The van der Waals surface area contributed by atoms with Crippen LogP contribution >= 0.6 is 0 Å². The molecule has 2 fully saturated rings. The number of nitrogens with one attached hydrogen (secondary N) is 1. The molecule has 0 spiro atoms. The number of nitrogens with zero attached hydrogens (tertiary/aromatic N) is 3. The zero-order valence-electron chi connectivity index (χ0n) is 19.2. The van der Waals surface area contributed by atoms with E-state index in [0.29, 0.717) is 50.0 Å². The van der Waals surface area contributed by atoms with Crippen LogP contribution in [0.3, 0.4) is 0 Å². The summed E-state index contributed by atoms with van der Waals surface area (Å²) in [6.45, 7) is 2.36. The summed E-state index contributed by atoms with van der Waals surface area (Å²) in [5.74, 6) is 0.642. The number of aromatic nitrogens is 1. The number of carbonyl (C=O) groups excluding carboxylic acids is 3. The van der Waals surface area contributed by atoms with Gasteiger partial charge in [-0.3, -0.25) is 14.6 Å². The van der Waals surface area contributed by atoms with Gasteiger partial charge in [-0.25, -0.2) is 4.79 Å². The maximum Gasteiger partial charge on any atom is 0.322 e. The van der Waals surface area contributed by atoms with Crippen molar-refractivity contribution in [3.05, 3.63) is 53.9 Å². The molecule has 2 aliphatic rings. The van der Waals surface area contributed by atoms with Crippen LogP contribution in [0.25, 0.3) is 0 Å². The third kappa shape index (κ3) is 6.03. The van der Waals surface area contributed by atoms with E-state index in [1.54, 1.807) is 15.9 Å². The lowest BCUT2D eigenvalue weighted by Gasteiger charge is -2.34. The molecule has 4 rings (SSSR count). The van der Waals surface area contributed by atoms with E-state index in [4.69, 9.17) is 10.5 Å². The monoisotopic (exact) mass is 465 g/mol. The number of primary amides is 1. The van der Waals surface area contributed by atoms with Gasteiger partial charge in [0.05, 0.1) is 24.1 Å². The fourth-order valence-corrected chi connectivity index (χ4v) is 4.43. The van der Waals surface area contributed by atoms with Gasteiger partial charge >= 0.3 is 6.03 Å². The first-order valence-corrected chi connectivity index (χ1v) is 11.8. The maximum atomic E-state index is 13.0. The van der Waals surface area contributed by atoms with Gasteiger partial charge in [0, 0.05) is 37.9 Å². The normalized spacial score (nSPS) is 16.7. The largest absolute Gasteiger partial charge is 0.493 e. The van der Waals surface area contributed by atoms with E-state index in [9.17, 15) is 14.4 Å². The fourth-order valence-electron chi connectivity index (χ4n) is 4.43. The van der Waals surface area contributed by atoms with Crippen molar-refractivity contribution < 1.29 is 19.1 Å². The summed E-state index contributed by atoms with van der Waals surface area (Å²) in [5.41, 5.74) is 6.47. The molecule has 1 aromatic heterocycles. The first-order chi connectivity index (χ1) is 16.5. The molecule has 0 bridgehead atoms. The number of nitrogens with two attached hydrogens (primary N) is 1. The summed E-state index contributed by atoms with van der Waals surface area (Å²) < 4.78 is 5.99. The quantitative estimate of drug-likeness (QED) is 0.680. The van der Waals surface area contributed by atoms with Crippen molar-refractivity contribution in [2.24, 2.45) is 11.7 Å². The Morgan fingerprint density at radius 3 is 2.44 bits per heavy atom. The second-order valence-corrected chi connectivity index (χ2v) is 8.88. The van der Waals surface area contributed by atoms with Gasteiger partial charge in [0.15, 0.2) is 0 Å². The number of hydrogen-bond donors (Lipinski definition) is 2. The number of benzene rings is 1. The Bertz CT molecular complexity index is 1030. The second kappa shape index (κ2) is 11.0. The van der Waals surface area contributed by atoms with Crippen LogP contribution in [-0.4, -0.2) is 65.4 Å². The Morgan fingerprint density at radius 1 is 0.971 bits per heavy atom. The molecule has 1 aromatic carbocycles. The molecule has 1 saturated carbocycles. The van der Waals surface area contributed by atoms with Crippen LogP contribution in [0, 0.1) is 5.92 Å². The Kier molecular flexibility index (Phi) is 7.61. The van der Waals surface area contributed by atoms with Crippen LogP contribution in [0.5, 0.6) is 5.75 Å². The third-order valence-corrected chi connectivity index (χ3v) is 6.42. The first kappa shape index (κ1) is 23.5. The van der Waals surface area contributed by atoms with Crippen molar-refractivity contribution in [2.45, 2.75) is 32.1 Å². The summed E-state index contributed by atoms with van der Waals surface area (Å²) in [4.78, 5) is 44.2. The Labute approximate surface area is 199 Å². The lowest BCUT2D eigenvalue weighted by atomic mass is 9.90. The van der Waals surface area contributed by atoms with E-state index in [-0.39, 0.29) is 17.5 Å². The topological polar surface area (TPSA) is 118 Å². The SMILES string of the molecule is NC(=O)c1cncc(NC(=O)N2CCN(C(=O)c3cccc(OCC4CCCCC4)c3)CC2)c1. The molecule has 9 nitrogen and oxygen atoms in total. The number of hydrogen-bond acceptors (Lipinski definition) is 5. The zero-order chi connectivity index (χ0) is 23.9. The molecule has 2 heterocycles. The Morgan fingerprint density at radius 2 is 1.71 bits per heavy atom. The first-order valence-electron chi connectivity index (χ1n) is 11.8. The Balaban J connectivity index is 1.28. The molecule has 2 aromatic rings. The molecular weight excluding hydrogens is 434 g/mol. The lowest BCUT2D eigenvalue weighted by Crippen LogP contribution is -2.51. The van der Waals surface area contributed by atoms with Crippen molar-refractivity contribution in [3.63, 3.8) is 0 Å². The van der Waals surface area contributed by atoms with Gasteiger partial charge in [0.25, 0.3) is 5.91 Å². The molecule has 0 radical (unpaired) electrons. The van der Waals surface area contributed by atoms with Crippen LogP contribution in [-0.2, 0) is 0 Å². The average Bonchev–Trinajstić information content (AvgIpc) is 2.88. The molecule has 0 unspecified atom stereocenters. The number of ether oxygens (including phenoxy) is 1. The minimum Gasteiger partial charge on any atom is -0.493 e. The van der Waals surface area contributed by atoms with Crippen LogP contribution in [0.1, 0.15) is 52.8 Å². The molecule has 1 saturated heterocycles. The lowest BCUT2D eigenvalue weighted by molar-refractivity contribution is 0.0671. The smallest absolute Gasteiger partial charge is 0.322 e. The minimum absolute atomic E-state index is 0.0680. The van der Waals surface area contributed by atoms with Crippen molar-refractivity contribution in [1.82, 2.24) is 14.8 Å². The predicted molar refractivity (Wildman–Crippen MR) is 128 cm³/mol. The number of piperazine rings is 1. The van der Waals surface area contributed by atoms with E-state index in [0.717, 1.165) is 5.75 Å². The van der Waals surface area contributed by atoms with E-state index in [2.05, 4.69) is 10.3 Å². The standard InChI is InChI=1S/C25H31N5O4/c26-23(31)20-13-21(16-27-15-20)28-25(33)30-11-9-29(10-12-30)24(32)19-7-4-8-22(14-19)34-17-18-5-2-1-3-6-18/h4,7-8,13-16,18H,1-3,5-6,9-12,17H2,(H2,26,31)(H,28,33). The van der Waals surface area contributed by atoms with Crippen LogP contribution < -0.4 is 15.8 Å². The highest BCUT2D eigenvalue weighted by Gasteiger charge is 2.25. The Hall–Kier alpha value is -3.62. The summed E-state index contributed by atoms with van der Waals surface area (Å²) in [5, 5.41) is 2.73. The minimum atomic E-state index is -0.612. The number of pyridine rings is 1. The van der Waals surface area contributed by atoms with Crippen molar-refractivity contribution in [1.29, 1.82) is 0 Å². The number of amides is 4. The summed E-state index contributed by atoms with van der Waals surface area (Å²) in [6.07, 6.45) is 9.08. The van der Waals surface area contributed by atoms with Gasteiger partial charge in [-0.15, -0.1) is 0 Å². The van der Waals surface area contributed by atoms with E-state index >= 15 is 0 Å². The molecular formula is C25H31N5O4. The fraction of sp³-hybridized carbons (Fsp3) is 0.440. The van der Waals surface area contributed by atoms with Crippen LogP contribution in [0.4, 0.5) is 10.5 Å². The molecule has 1 aliphatic heterocycles. The molecule has 1 aliphatic carbocycles. The predicted octanol–water partition coefficient (Wildman–Crippen LogP) is 3.13. The van der Waals surface area contributed by atoms with Crippen LogP contribution in [0.2, 0.25) is 0 Å².